The van der Waals surface area contributed by atoms with E-state index >= 15 is 0 Å². The molecule has 0 radical (unpaired) electrons. The van der Waals surface area contributed by atoms with Crippen LogP contribution in [0.25, 0.3) is 0 Å². The van der Waals surface area contributed by atoms with Gasteiger partial charge in [-0.25, -0.2) is 4.79 Å². The lowest BCUT2D eigenvalue weighted by molar-refractivity contribution is -0.527. The molecule has 3 aliphatic heterocycles. The fourth-order valence-corrected chi connectivity index (χ4v) is 7.38. The fraction of sp³-hybridized carbons (Fsp3) is 0.893. The number of hydrogen-bond acceptors (Lipinski definition) is 11. The molecule has 0 bridgehead atoms. The van der Waals surface area contributed by atoms with Gasteiger partial charge in [-0.2, -0.15) is 0 Å². The maximum Gasteiger partial charge on any atom is 0.509 e. The van der Waals surface area contributed by atoms with Gasteiger partial charge in [0.2, 0.25) is 11.9 Å². The number of carbonyl (C=O) groups is 3. The Bertz CT molecular complexity index is 938. The Morgan fingerprint density at radius 2 is 1.66 bits per heavy atom. The molecule has 5 fully saturated rings. The van der Waals surface area contributed by atoms with Crippen molar-refractivity contribution < 1.29 is 28.8 Å². The Labute approximate surface area is 241 Å². The van der Waals surface area contributed by atoms with Crippen molar-refractivity contribution in [3.8, 4) is 0 Å². The van der Waals surface area contributed by atoms with Crippen molar-refractivity contribution >= 4 is 18.0 Å². The van der Waals surface area contributed by atoms with E-state index in [0.717, 1.165) is 65.1 Å². The highest BCUT2D eigenvalue weighted by atomic mass is 16.7. The van der Waals surface area contributed by atoms with E-state index in [-0.39, 0.29) is 36.1 Å². The normalized spacial score (nSPS) is 30.0. The number of hydrogen-bond donors (Lipinski definition) is 2. The highest BCUT2D eigenvalue weighted by molar-refractivity contribution is 6.01. The molecule has 2 N–H and O–H groups in total. The third-order valence-corrected chi connectivity index (χ3v) is 9.87. The van der Waals surface area contributed by atoms with E-state index in [9.17, 15) is 24.5 Å². The van der Waals surface area contributed by atoms with Crippen molar-refractivity contribution in [2.75, 3.05) is 59.0 Å². The van der Waals surface area contributed by atoms with Crippen molar-refractivity contribution in [1.82, 2.24) is 25.3 Å². The van der Waals surface area contributed by atoms with Gasteiger partial charge in [-0.15, -0.1) is 0 Å². The zero-order valence-corrected chi connectivity index (χ0v) is 24.1. The number of amides is 2. The summed E-state index contributed by atoms with van der Waals surface area (Å²) in [7, 11) is 0. The number of nitrogens with one attached hydrogen (secondary N) is 2. The number of imide groups is 1. The second-order valence-electron chi connectivity index (χ2n) is 12.5. The highest BCUT2D eigenvalue weighted by Crippen LogP contribution is 2.48. The van der Waals surface area contributed by atoms with E-state index in [1.807, 2.05) is 0 Å². The number of rotatable bonds is 9. The van der Waals surface area contributed by atoms with Crippen molar-refractivity contribution in [3.63, 3.8) is 0 Å². The second kappa shape index (κ2) is 13.7. The highest BCUT2D eigenvalue weighted by Gasteiger charge is 2.55. The first-order valence-electron chi connectivity index (χ1n) is 15.6. The van der Waals surface area contributed by atoms with Crippen LogP contribution in [0.15, 0.2) is 0 Å². The summed E-state index contributed by atoms with van der Waals surface area (Å²) < 4.78 is 11.1. The minimum Gasteiger partial charge on any atom is -0.434 e. The smallest absolute Gasteiger partial charge is 0.434 e. The Hall–Kier alpha value is -2.35. The summed E-state index contributed by atoms with van der Waals surface area (Å²) in [5.41, 5.74) is -0.648. The largest absolute Gasteiger partial charge is 0.509 e. The molecule has 0 aromatic heterocycles. The van der Waals surface area contributed by atoms with Crippen LogP contribution in [0.3, 0.4) is 0 Å². The van der Waals surface area contributed by atoms with Crippen LogP contribution in [0.1, 0.15) is 70.6 Å². The van der Waals surface area contributed by atoms with E-state index in [1.165, 1.54) is 4.90 Å². The predicted molar refractivity (Wildman–Crippen MR) is 148 cm³/mol. The average molecular weight is 579 g/mol. The quantitative estimate of drug-likeness (QED) is 0.178. The van der Waals surface area contributed by atoms with Crippen molar-refractivity contribution in [2.45, 2.75) is 89.1 Å². The number of piperidine rings is 1. The molecule has 3 saturated heterocycles. The summed E-state index contributed by atoms with van der Waals surface area (Å²) >= 11 is 0. The molecule has 1 unspecified atom stereocenters. The molecule has 5 aliphatic rings. The van der Waals surface area contributed by atoms with Crippen LogP contribution in [0.5, 0.6) is 0 Å². The van der Waals surface area contributed by atoms with Gasteiger partial charge in [0.25, 0.3) is 5.91 Å². The Morgan fingerprint density at radius 3 is 2.32 bits per heavy atom. The van der Waals surface area contributed by atoms with Gasteiger partial charge in [0.1, 0.15) is 6.29 Å². The van der Waals surface area contributed by atoms with Gasteiger partial charge >= 0.3 is 6.16 Å². The zero-order valence-electron chi connectivity index (χ0n) is 24.1. The molecule has 2 aliphatic carbocycles. The summed E-state index contributed by atoms with van der Waals surface area (Å²) in [5, 5.41) is 18.0. The van der Waals surface area contributed by atoms with E-state index in [0.29, 0.717) is 51.5 Å². The molecular weight excluding hydrogens is 532 g/mol. The first kappa shape index (κ1) is 30.1. The third kappa shape index (κ3) is 7.36. The molecule has 2 amide bonds. The van der Waals surface area contributed by atoms with Crippen LogP contribution >= 0.6 is 0 Å². The summed E-state index contributed by atoms with van der Waals surface area (Å²) in [6.07, 6.45) is 5.71. The maximum atomic E-state index is 13.6. The van der Waals surface area contributed by atoms with E-state index in [2.05, 4.69) is 20.4 Å². The molecule has 1 atom stereocenters. The predicted octanol–water partition coefficient (Wildman–Crippen LogP) is 1.54. The minimum atomic E-state index is -1.01. The topological polar surface area (TPSA) is 147 Å². The van der Waals surface area contributed by atoms with Gasteiger partial charge in [0, 0.05) is 62.3 Å². The fourth-order valence-electron chi connectivity index (χ4n) is 7.38. The number of likely N-dealkylation sites (tertiary alicyclic amines) is 1. The van der Waals surface area contributed by atoms with Crippen molar-refractivity contribution in [3.05, 3.63) is 10.1 Å². The molecule has 3 heterocycles. The number of nitrogens with zero attached hydrogens (tertiary/aromatic N) is 4. The Morgan fingerprint density at radius 1 is 0.976 bits per heavy atom. The molecule has 230 valence electrons. The number of ether oxygens (including phenoxy) is 2. The van der Waals surface area contributed by atoms with E-state index in [4.69, 9.17) is 9.47 Å². The molecule has 0 aromatic carbocycles. The maximum absolute atomic E-state index is 13.6. The number of piperazine rings is 1. The zero-order chi connectivity index (χ0) is 28.8. The van der Waals surface area contributed by atoms with E-state index in [1.54, 1.807) is 0 Å². The minimum absolute atomic E-state index is 0.0522. The van der Waals surface area contributed by atoms with Gasteiger partial charge in [-0.1, -0.05) is 12.8 Å². The van der Waals surface area contributed by atoms with Crippen LogP contribution in [-0.4, -0.2) is 115 Å². The van der Waals surface area contributed by atoms with Gasteiger partial charge in [0.15, 0.2) is 6.10 Å². The molecule has 13 heteroatoms. The second-order valence-corrected chi connectivity index (χ2v) is 12.5. The average Bonchev–Trinajstić information content (AvgIpc) is 3.45. The molecule has 13 nitrogen and oxygen atoms in total. The molecule has 2 saturated carbocycles. The van der Waals surface area contributed by atoms with Crippen LogP contribution in [0.2, 0.25) is 0 Å². The number of nitro groups is 1. The molecule has 5 rings (SSSR count). The SMILES string of the molecule is O=C(OCC1CCC([N+](=O)[O-])CC1)OC1C(=O)N(CCCN2CCN(C3NCCCN3)CC2)C(=O)CC12CCCC2. The van der Waals surface area contributed by atoms with Crippen LogP contribution < -0.4 is 10.6 Å². The lowest BCUT2D eigenvalue weighted by Crippen LogP contribution is -2.62. The van der Waals surface area contributed by atoms with Gasteiger partial charge < -0.3 is 14.4 Å². The summed E-state index contributed by atoms with van der Waals surface area (Å²) in [4.78, 5) is 56.4. The summed E-state index contributed by atoms with van der Waals surface area (Å²) in [6.45, 7) is 7.11. The summed E-state index contributed by atoms with van der Waals surface area (Å²) in [6, 6.07) is -0.524. The molecule has 1 spiro atoms. The molecule has 41 heavy (non-hydrogen) atoms. The Balaban J connectivity index is 1.09. The first-order valence-corrected chi connectivity index (χ1v) is 15.6. The van der Waals surface area contributed by atoms with Gasteiger partial charge in [-0.3, -0.25) is 40.1 Å². The van der Waals surface area contributed by atoms with Crippen LogP contribution in [0.4, 0.5) is 4.79 Å². The van der Waals surface area contributed by atoms with E-state index < -0.39 is 29.6 Å². The number of carbonyl (C=O) groups excluding carboxylic acids is 3. The van der Waals surface area contributed by atoms with Crippen LogP contribution in [-0.2, 0) is 19.1 Å². The molecule has 0 aromatic rings. The van der Waals surface area contributed by atoms with Crippen LogP contribution in [0, 0.1) is 21.4 Å². The lowest BCUT2D eigenvalue weighted by atomic mass is 9.73. The monoisotopic (exact) mass is 578 g/mol. The summed E-state index contributed by atoms with van der Waals surface area (Å²) in [5.74, 6) is -0.547. The third-order valence-electron chi connectivity index (χ3n) is 9.87. The standard InChI is InChI=1S/C28H46N6O7/c35-23-19-28(9-1-2-10-28)24(41-27(37)40-20-21-5-7-22(8-6-21)34(38)39)25(36)33(23)14-4-13-31-15-17-32(18-16-31)26-29-11-3-12-30-26/h21-22,24,26,29-30H,1-20H2. The van der Waals surface area contributed by atoms with Crippen molar-refractivity contribution in [1.29, 1.82) is 0 Å². The van der Waals surface area contributed by atoms with Crippen molar-refractivity contribution in [2.24, 2.45) is 11.3 Å². The molecular formula is C28H46N6O7. The first-order chi connectivity index (χ1) is 19.8. The van der Waals surface area contributed by atoms with Gasteiger partial charge in [-0.05, 0) is 64.1 Å². The van der Waals surface area contributed by atoms with Gasteiger partial charge in [0.05, 0.1) is 6.61 Å². The Kier molecular flexibility index (Phi) is 10.1. The lowest BCUT2D eigenvalue weighted by Gasteiger charge is -2.43.